The maximum absolute atomic E-state index is 10.3. The number of hydrogen-bond donors (Lipinski definition) is 1. The standard InChI is InChI=1S/C21H28Cl2O2Si/c1-12-15-9-14(24)10-21(15,2)11-18(26(4,5)6)19(12)13-7-16(22)20(25-3)17(23)8-13/h7-8,14-15,24H,1,9-11H2,2-6H3/t14-,15+,21+/m0/s1. The van der Waals surface area contributed by atoms with Crippen molar-refractivity contribution >= 4 is 36.8 Å². The molecule has 0 radical (unpaired) electrons. The number of fused-ring (bicyclic) bond motifs is 1. The van der Waals surface area contributed by atoms with Crippen LogP contribution < -0.4 is 4.74 Å². The zero-order valence-corrected chi connectivity index (χ0v) is 18.8. The van der Waals surface area contributed by atoms with Gasteiger partial charge in [-0.25, -0.2) is 0 Å². The predicted octanol–water partition coefficient (Wildman–Crippen LogP) is 6.37. The van der Waals surface area contributed by atoms with Crippen LogP contribution in [0, 0.1) is 11.3 Å². The quantitative estimate of drug-likeness (QED) is 0.586. The summed E-state index contributed by atoms with van der Waals surface area (Å²) in [6, 6.07) is 3.89. The third-order valence-electron chi connectivity index (χ3n) is 6.07. The number of ether oxygens (including phenoxy) is 1. The van der Waals surface area contributed by atoms with E-state index in [4.69, 9.17) is 27.9 Å². The fourth-order valence-corrected chi connectivity index (χ4v) is 7.47. The molecule has 5 heteroatoms. The molecule has 0 heterocycles. The molecule has 0 aromatic heterocycles. The molecule has 1 aromatic rings. The molecule has 2 aliphatic carbocycles. The van der Waals surface area contributed by atoms with Crippen LogP contribution in [0.25, 0.3) is 5.57 Å². The Morgan fingerprint density at radius 1 is 1.23 bits per heavy atom. The van der Waals surface area contributed by atoms with Crippen LogP contribution in [0.15, 0.2) is 29.5 Å². The average molecular weight is 411 g/mol. The van der Waals surface area contributed by atoms with Crippen molar-refractivity contribution in [3.8, 4) is 5.75 Å². The molecule has 1 N–H and O–H groups in total. The van der Waals surface area contributed by atoms with Crippen LogP contribution >= 0.6 is 23.2 Å². The van der Waals surface area contributed by atoms with Gasteiger partial charge in [0.25, 0.3) is 0 Å². The van der Waals surface area contributed by atoms with Gasteiger partial charge in [-0.2, -0.15) is 0 Å². The second kappa shape index (κ2) is 6.70. The van der Waals surface area contributed by atoms with E-state index in [9.17, 15) is 5.11 Å². The van der Waals surface area contributed by atoms with Gasteiger partial charge in [0.05, 0.1) is 31.3 Å². The Morgan fingerprint density at radius 2 is 1.81 bits per heavy atom. The number of benzene rings is 1. The van der Waals surface area contributed by atoms with Crippen LogP contribution in [-0.4, -0.2) is 26.4 Å². The van der Waals surface area contributed by atoms with Gasteiger partial charge in [0.2, 0.25) is 0 Å². The zero-order chi connectivity index (χ0) is 19.4. The lowest BCUT2D eigenvalue weighted by Crippen LogP contribution is -2.37. The molecule has 3 atom stereocenters. The minimum atomic E-state index is -1.61. The molecule has 1 saturated carbocycles. The Balaban J connectivity index is 2.22. The fourth-order valence-electron chi connectivity index (χ4n) is 4.84. The van der Waals surface area contributed by atoms with Gasteiger partial charge in [0, 0.05) is 0 Å². The molecule has 2 nitrogen and oxygen atoms in total. The normalized spacial score (nSPS) is 29.2. The van der Waals surface area contributed by atoms with Crippen LogP contribution in [0.3, 0.4) is 0 Å². The van der Waals surface area contributed by atoms with Gasteiger partial charge in [-0.05, 0) is 59.4 Å². The summed E-state index contributed by atoms with van der Waals surface area (Å²) in [4.78, 5) is 0. The lowest BCUT2D eigenvalue weighted by atomic mass is 9.67. The molecule has 0 unspecified atom stereocenters. The Morgan fingerprint density at radius 3 is 2.31 bits per heavy atom. The second-order valence-electron chi connectivity index (χ2n) is 9.08. The minimum Gasteiger partial charge on any atom is -0.494 e. The summed E-state index contributed by atoms with van der Waals surface area (Å²) < 4.78 is 5.31. The van der Waals surface area contributed by atoms with Crippen LogP contribution in [-0.2, 0) is 0 Å². The number of halogens is 2. The van der Waals surface area contributed by atoms with Crippen molar-refractivity contribution in [1.29, 1.82) is 0 Å². The monoisotopic (exact) mass is 410 g/mol. The van der Waals surface area contributed by atoms with Crippen LogP contribution in [0.2, 0.25) is 29.7 Å². The molecule has 3 rings (SSSR count). The topological polar surface area (TPSA) is 29.5 Å². The minimum absolute atomic E-state index is 0.0929. The molecule has 1 fully saturated rings. The van der Waals surface area contributed by atoms with E-state index < -0.39 is 8.07 Å². The van der Waals surface area contributed by atoms with Crippen LogP contribution in [0.4, 0.5) is 0 Å². The number of methoxy groups -OCH3 is 1. The first kappa shape index (κ1) is 20.0. The van der Waals surface area contributed by atoms with E-state index in [1.807, 2.05) is 12.1 Å². The molecular weight excluding hydrogens is 383 g/mol. The van der Waals surface area contributed by atoms with Crippen LogP contribution in [0.5, 0.6) is 5.75 Å². The smallest absolute Gasteiger partial charge is 0.156 e. The van der Waals surface area contributed by atoms with Gasteiger partial charge in [0.1, 0.15) is 0 Å². The number of rotatable bonds is 3. The van der Waals surface area contributed by atoms with E-state index >= 15 is 0 Å². The van der Waals surface area contributed by atoms with Crippen molar-refractivity contribution in [2.75, 3.05) is 7.11 Å². The van der Waals surface area contributed by atoms with E-state index in [0.29, 0.717) is 21.7 Å². The largest absolute Gasteiger partial charge is 0.494 e. The first-order valence-electron chi connectivity index (χ1n) is 9.12. The summed E-state index contributed by atoms with van der Waals surface area (Å²) in [6.07, 6.45) is 2.41. The van der Waals surface area contributed by atoms with Gasteiger partial charge >= 0.3 is 0 Å². The lowest BCUT2D eigenvalue weighted by molar-refractivity contribution is 0.163. The van der Waals surface area contributed by atoms with Crippen LogP contribution in [0.1, 0.15) is 31.7 Å². The Hall–Kier alpha value is -0.743. The van der Waals surface area contributed by atoms with E-state index in [2.05, 4.69) is 33.1 Å². The average Bonchev–Trinajstić information content (AvgIpc) is 2.80. The fraction of sp³-hybridized carbons (Fsp3) is 0.524. The van der Waals surface area contributed by atoms with Gasteiger partial charge in [-0.1, -0.05) is 61.5 Å². The highest BCUT2D eigenvalue weighted by Gasteiger charge is 2.50. The number of aliphatic hydroxyl groups is 1. The summed E-state index contributed by atoms with van der Waals surface area (Å²) in [5, 5.41) is 12.9. The van der Waals surface area contributed by atoms with Crippen molar-refractivity contribution in [2.24, 2.45) is 11.3 Å². The molecule has 2 aliphatic rings. The van der Waals surface area contributed by atoms with E-state index in [-0.39, 0.29) is 11.5 Å². The predicted molar refractivity (Wildman–Crippen MR) is 114 cm³/mol. The van der Waals surface area contributed by atoms with Crippen molar-refractivity contribution in [2.45, 2.75) is 51.9 Å². The summed E-state index contributed by atoms with van der Waals surface area (Å²) in [7, 11) is -0.0361. The lowest BCUT2D eigenvalue weighted by Gasteiger charge is -2.44. The van der Waals surface area contributed by atoms with Crippen molar-refractivity contribution in [3.05, 3.63) is 45.1 Å². The van der Waals surface area contributed by atoms with Gasteiger partial charge < -0.3 is 9.84 Å². The first-order chi connectivity index (χ1) is 12.0. The maximum Gasteiger partial charge on any atom is 0.156 e. The second-order valence-corrected chi connectivity index (χ2v) is 15.0. The third kappa shape index (κ3) is 3.28. The van der Waals surface area contributed by atoms with E-state index in [1.165, 1.54) is 10.8 Å². The first-order valence-corrected chi connectivity index (χ1v) is 13.4. The van der Waals surface area contributed by atoms with E-state index in [0.717, 1.165) is 30.4 Å². The Kier molecular flexibility index (Phi) is 5.15. The molecule has 0 aliphatic heterocycles. The Labute approximate surface area is 167 Å². The molecule has 1 aromatic carbocycles. The highest BCUT2D eigenvalue weighted by atomic mass is 35.5. The highest BCUT2D eigenvalue weighted by Crippen LogP contribution is 2.59. The van der Waals surface area contributed by atoms with Gasteiger partial charge in [-0.15, -0.1) is 0 Å². The summed E-state index contributed by atoms with van der Waals surface area (Å²) in [5.74, 6) is 0.807. The summed E-state index contributed by atoms with van der Waals surface area (Å²) in [6.45, 7) is 13.9. The number of hydrogen-bond acceptors (Lipinski definition) is 2. The highest BCUT2D eigenvalue weighted by molar-refractivity contribution is 6.84. The summed E-state index contributed by atoms with van der Waals surface area (Å²) >= 11 is 12.9. The molecule has 142 valence electrons. The zero-order valence-electron chi connectivity index (χ0n) is 16.2. The Bertz CT molecular complexity index is 771. The number of aliphatic hydroxyl groups excluding tert-OH is 1. The van der Waals surface area contributed by atoms with E-state index in [1.54, 1.807) is 7.11 Å². The molecule has 0 bridgehead atoms. The molecular formula is C21H28Cl2O2Si. The third-order valence-corrected chi connectivity index (χ3v) is 8.87. The molecule has 0 saturated heterocycles. The molecule has 26 heavy (non-hydrogen) atoms. The molecule has 0 spiro atoms. The number of allylic oxidation sites excluding steroid dienone is 3. The van der Waals surface area contributed by atoms with Crippen molar-refractivity contribution in [3.63, 3.8) is 0 Å². The summed E-state index contributed by atoms with van der Waals surface area (Å²) in [5.41, 5.74) is 3.46. The van der Waals surface area contributed by atoms with Crippen molar-refractivity contribution < 1.29 is 9.84 Å². The van der Waals surface area contributed by atoms with Gasteiger partial charge in [0.15, 0.2) is 5.75 Å². The SMILES string of the molecule is C=C1C(c2cc(Cl)c(OC)c(Cl)c2)=C([Si](C)(C)C)C[C@@]2(C)C[C@@H](O)C[C@H]12. The maximum atomic E-state index is 10.3. The van der Waals surface area contributed by atoms with Gasteiger partial charge in [-0.3, -0.25) is 0 Å². The molecule has 0 amide bonds. The van der Waals surface area contributed by atoms with Crippen molar-refractivity contribution in [1.82, 2.24) is 0 Å².